The Bertz CT molecular complexity index is 454. The minimum Gasteiger partial charge on any atom is -0.382 e. The average Bonchev–Trinajstić information content (AvgIpc) is 2.98. The second-order valence-corrected chi connectivity index (χ2v) is 7.17. The maximum Gasteiger partial charge on any atom is 0.0383 e. The summed E-state index contributed by atoms with van der Waals surface area (Å²) in [5.74, 6) is 0.796. The van der Waals surface area contributed by atoms with E-state index in [4.69, 9.17) is 0 Å². The normalized spacial score (nSPS) is 30.4. The number of hydrogen-bond acceptors (Lipinski definition) is 2. The number of rotatable bonds is 3. The highest BCUT2D eigenvalue weighted by Gasteiger charge is 2.33. The van der Waals surface area contributed by atoms with Crippen molar-refractivity contribution in [2.75, 3.05) is 11.9 Å². The van der Waals surface area contributed by atoms with Gasteiger partial charge in [-0.15, -0.1) is 0 Å². The van der Waals surface area contributed by atoms with E-state index in [0.29, 0.717) is 6.04 Å². The van der Waals surface area contributed by atoms with Crippen LogP contribution in [0.5, 0.6) is 0 Å². The Hall–Kier alpha value is -0.540. The van der Waals surface area contributed by atoms with Crippen molar-refractivity contribution in [2.24, 2.45) is 5.92 Å². The Morgan fingerprint density at radius 1 is 1.15 bits per heavy atom. The fraction of sp³-hybridized carbons (Fsp3) is 0.647. The predicted molar refractivity (Wildman–Crippen MR) is 89.3 cm³/mol. The van der Waals surface area contributed by atoms with Gasteiger partial charge >= 0.3 is 0 Å². The Labute approximate surface area is 130 Å². The zero-order valence-corrected chi connectivity index (χ0v) is 13.9. The number of halogens is 1. The molecule has 0 aromatic heterocycles. The van der Waals surface area contributed by atoms with Gasteiger partial charge in [-0.25, -0.2) is 0 Å². The molecule has 110 valence electrons. The van der Waals surface area contributed by atoms with Crippen molar-refractivity contribution in [3.05, 3.63) is 28.2 Å². The number of nitrogens with one attached hydrogen (secondary N) is 2. The van der Waals surface area contributed by atoms with Crippen molar-refractivity contribution >= 4 is 21.6 Å². The maximum absolute atomic E-state index is 3.85. The van der Waals surface area contributed by atoms with E-state index in [1.807, 2.05) is 0 Å². The number of benzene rings is 1. The summed E-state index contributed by atoms with van der Waals surface area (Å²) in [7, 11) is 0. The van der Waals surface area contributed by atoms with Crippen molar-refractivity contribution in [3.63, 3.8) is 0 Å². The molecule has 0 spiro atoms. The summed E-state index contributed by atoms with van der Waals surface area (Å²) >= 11 is 3.64. The molecule has 1 saturated heterocycles. The van der Waals surface area contributed by atoms with E-state index >= 15 is 0 Å². The SMILES string of the molecule is Cc1c(Br)cccc1NC1CCCCC1C1CCCN1. The van der Waals surface area contributed by atoms with Crippen LogP contribution in [0.1, 0.15) is 44.1 Å². The number of hydrogen-bond donors (Lipinski definition) is 2. The van der Waals surface area contributed by atoms with Gasteiger partial charge in [-0.2, -0.15) is 0 Å². The van der Waals surface area contributed by atoms with Crippen LogP contribution in [-0.4, -0.2) is 18.6 Å². The van der Waals surface area contributed by atoms with Crippen LogP contribution in [0.15, 0.2) is 22.7 Å². The van der Waals surface area contributed by atoms with Crippen LogP contribution in [0.2, 0.25) is 0 Å². The van der Waals surface area contributed by atoms with Crippen LogP contribution in [0.25, 0.3) is 0 Å². The lowest BCUT2D eigenvalue weighted by atomic mass is 9.79. The molecule has 2 aliphatic rings. The summed E-state index contributed by atoms with van der Waals surface area (Å²) in [6, 6.07) is 7.84. The first-order valence-electron chi connectivity index (χ1n) is 8.01. The van der Waals surface area contributed by atoms with Crippen LogP contribution < -0.4 is 10.6 Å². The fourth-order valence-corrected chi connectivity index (χ4v) is 4.23. The van der Waals surface area contributed by atoms with Gasteiger partial charge in [0.25, 0.3) is 0 Å². The van der Waals surface area contributed by atoms with Gasteiger partial charge in [0.2, 0.25) is 0 Å². The highest BCUT2D eigenvalue weighted by Crippen LogP contribution is 2.34. The monoisotopic (exact) mass is 336 g/mol. The molecule has 0 amide bonds. The molecule has 3 rings (SSSR count). The Kier molecular flexibility index (Phi) is 4.67. The third kappa shape index (κ3) is 3.04. The van der Waals surface area contributed by atoms with Crippen molar-refractivity contribution in [1.29, 1.82) is 0 Å². The first kappa shape index (κ1) is 14.4. The van der Waals surface area contributed by atoms with Crippen LogP contribution >= 0.6 is 15.9 Å². The molecular weight excluding hydrogens is 312 g/mol. The first-order chi connectivity index (χ1) is 9.75. The van der Waals surface area contributed by atoms with E-state index in [-0.39, 0.29) is 0 Å². The van der Waals surface area contributed by atoms with Gasteiger partial charge < -0.3 is 10.6 Å². The second-order valence-electron chi connectivity index (χ2n) is 6.31. The molecule has 1 heterocycles. The topological polar surface area (TPSA) is 24.1 Å². The van der Waals surface area contributed by atoms with Gasteiger partial charge in [-0.05, 0) is 62.8 Å². The van der Waals surface area contributed by atoms with Crippen LogP contribution in [0.4, 0.5) is 5.69 Å². The molecule has 0 bridgehead atoms. The summed E-state index contributed by atoms with van der Waals surface area (Å²) in [4.78, 5) is 0. The minimum atomic E-state index is 0.632. The van der Waals surface area contributed by atoms with Gasteiger partial charge in [-0.3, -0.25) is 0 Å². The molecule has 3 heteroatoms. The van der Waals surface area contributed by atoms with Crippen molar-refractivity contribution in [1.82, 2.24) is 5.32 Å². The van der Waals surface area contributed by atoms with Crippen molar-refractivity contribution in [2.45, 2.75) is 57.5 Å². The van der Waals surface area contributed by atoms with E-state index in [1.54, 1.807) is 0 Å². The zero-order valence-electron chi connectivity index (χ0n) is 12.3. The molecule has 1 aliphatic carbocycles. The average molecular weight is 337 g/mol. The maximum atomic E-state index is 3.85. The molecular formula is C17H25BrN2. The lowest BCUT2D eigenvalue weighted by Gasteiger charge is -2.37. The standard InChI is InChI=1S/C17H25BrN2/c1-12-14(18)7-4-9-15(12)20-17-8-3-2-6-13(17)16-10-5-11-19-16/h4,7,9,13,16-17,19-20H,2-3,5-6,8,10-11H2,1H3. The number of anilines is 1. The smallest absolute Gasteiger partial charge is 0.0383 e. The largest absolute Gasteiger partial charge is 0.382 e. The third-order valence-electron chi connectivity index (χ3n) is 5.04. The van der Waals surface area contributed by atoms with E-state index in [1.165, 1.54) is 60.8 Å². The summed E-state index contributed by atoms with van der Waals surface area (Å²) in [6.07, 6.45) is 8.17. The molecule has 3 atom stereocenters. The third-order valence-corrected chi connectivity index (χ3v) is 5.90. The molecule has 1 aliphatic heterocycles. The molecule has 0 radical (unpaired) electrons. The van der Waals surface area contributed by atoms with E-state index in [0.717, 1.165) is 12.0 Å². The summed E-state index contributed by atoms with van der Waals surface area (Å²) < 4.78 is 1.20. The summed E-state index contributed by atoms with van der Waals surface area (Å²) in [5.41, 5.74) is 2.63. The minimum absolute atomic E-state index is 0.632. The molecule has 1 aromatic rings. The molecule has 3 unspecified atom stereocenters. The Morgan fingerprint density at radius 3 is 2.80 bits per heavy atom. The highest BCUT2D eigenvalue weighted by molar-refractivity contribution is 9.10. The molecule has 1 aromatic carbocycles. The quantitative estimate of drug-likeness (QED) is 0.850. The second kappa shape index (κ2) is 6.48. The molecule has 2 N–H and O–H groups in total. The van der Waals surface area contributed by atoms with Crippen molar-refractivity contribution < 1.29 is 0 Å². The summed E-state index contributed by atoms with van der Waals surface area (Å²) in [6.45, 7) is 3.40. The lowest BCUT2D eigenvalue weighted by molar-refractivity contribution is 0.262. The Morgan fingerprint density at radius 2 is 2.00 bits per heavy atom. The molecule has 2 nitrogen and oxygen atoms in total. The summed E-state index contributed by atoms with van der Waals surface area (Å²) in [5, 5.41) is 7.57. The molecule has 1 saturated carbocycles. The Balaban J connectivity index is 1.74. The van der Waals surface area contributed by atoms with Crippen LogP contribution in [-0.2, 0) is 0 Å². The van der Waals surface area contributed by atoms with Crippen molar-refractivity contribution in [3.8, 4) is 0 Å². The van der Waals surface area contributed by atoms with E-state index in [9.17, 15) is 0 Å². The predicted octanol–water partition coefficient (Wildman–Crippen LogP) is 4.48. The van der Waals surface area contributed by atoms with E-state index < -0.39 is 0 Å². The molecule has 2 fully saturated rings. The van der Waals surface area contributed by atoms with Gasteiger partial charge in [0.15, 0.2) is 0 Å². The van der Waals surface area contributed by atoms with E-state index in [2.05, 4.69) is 51.7 Å². The van der Waals surface area contributed by atoms with Gasteiger partial charge in [0, 0.05) is 22.2 Å². The zero-order chi connectivity index (χ0) is 13.9. The fourth-order valence-electron chi connectivity index (χ4n) is 3.86. The van der Waals surface area contributed by atoms with Gasteiger partial charge in [0.1, 0.15) is 0 Å². The lowest BCUT2D eigenvalue weighted by Crippen LogP contribution is -2.43. The first-order valence-corrected chi connectivity index (χ1v) is 8.80. The highest BCUT2D eigenvalue weighted by atomic mass is 79.9. The molecule has 20 heavy (non-hydrogen) atoms. The van der Waals surface area contributed by atoms with Gasteiger partial charge in [0.05, 0.1) is 0 Å². The van der Waals surface area contributed by atoms with Crippen LogP contribution in [0, 0.1) is 12.8 Å². The van der Waals surface area contributed by atoms with Crippen LogP contribution in [0.3, 0.4) is 0 Å². The van der Waals surface area contributed by atoms with Gasteiger partial charge in [-0.1, -0.05) is 34.8 Å².